The van der Waals surface area contributed by atoms with Gasteiger partial charge in [-0.15, -0.1) is 0 Å². The molecular weight excluding hydrogens is 481 g/mol. The zero-order valence-corrected chi connectivity index (χ0v) is 16.2. The number of hydrogen-bond acceptors (Lipinski definition) is 4. The first kappa shape index (κ1) is 19.3. The SMILES string of the molecule is O=C(NOCC1(O)CC1)c1cc(F)c(F)cc1Nc1ccc(I)cc1Cl. The molecule has 0 aliphatic heterocycles. The number of hydrogen-bond donors (Lipinski definition) is 3. The molecular formula is C17H14ClF2IN2O3. The Labute approximate surface area is 166 Å². The molecule has 1 fully saturated rings. The number of carbonyl (C=O) groups excluding carboxylic acids is 1. The maximum absolute atomic E-state index is 13.7. The summed E-state index contributed by atoms with van der Waals surface area (Å²) in [5.74, 6) is -3.06. The van der Waals surface area contributed by atoms with Crippen LogP contribution in [0.15, 0.2) is 30.3 Å². The summed E-state index contributed by atoms with van der Waals surface area (Å²) in [5.41, 5.74) is 1.50. The molecule has 5 nitrogen and oxygen atoms in total. The van der Waals surface area contributed by atoms with Gasteiger partial charge in [-0.2, -0.15) is 0 Å². The lowest BCUT2D eigenvalue weighted by atomic mass is 10.1. The van der Waals surface area contributed by atoms with Crippen LogP contribution in [0.5, 0.6) is 0 Å². The third-order valence-corrected chi connectivity index (χ3v) is 4.82. The Morgan fingerprint density at radius 1 is 1.23 bits per heavy atom. The van der Waals surface area contributed by atoms with Gasteiger partial charge in [-0.1, -0.05) is 11.6 Å². The molecule has 1 saturated carbocycles. The number of aliphatic hydroxyl groups is 1. The number of amides is 1. The summed E-state index contributed by atoms with van der Waals surface area (Å²) in [4.78, 5) is 17.3. The van der Waals surface area contributed by atoms with Crippen LogP contribution in [0.1, 0.15) is 23.2 Å². The Morgan fingerprint density at radius 3 is 2.58 bits per heavy atom. The van der Waals surface area contributed by atoms with E-state index in [1.807, 2.05) is 0 Å². The van der Waals surface area contributed by atoms with Crippen molar-refractivity contribution in [2.45, 2.75) is 18.4 Å². The van der Waals surface area contributed by atoms with Gasteiger partial charge >= 0.3 is 0 Å². The Bertz CT molecular complexity index is 862. The summed E-state index contributed by atoms with van der Waals surface area (Å²) in [6, 6.07) is 6.75. The van der Waals surface area contributed by atoms with E-state index >= 15 is 0 Å². The van der Waals surface area contributed by atoms with Crippen molar-refractivity contribution in [3.8, 4) is 0 Å². The first-order chi connectivity index (χ1) is 12.3. The molecule has 1 amide bonds. The Hall–Kier alpha value is -1.49. The van der Waals surface area contributed by atoms with Gasteiger partial charge in [0.25, 0.3) is 5.91 Å². The van der Waals surface area contributed by atoms with Crippen LogP contribution >= 0.6 is 34.2 Å². The number of halogens is 4. The van der Waals surface area contributed by atoms with Crippen molar-refractivity contribution in [3.63, 3.8) is 0 Å². The normalized spacial score (nSPS) is 14.8. The molecule has 26 heavy (non-hydrogen) atoms. The van der Waals surface area contributed by atoms with Gasteiger partial charge < -0.3 is 10.4 Å². The molecule has 3 N–H and O–H groups in total. The van der Waals surface area contributed by atoms with Gasteiger partial charge in [-0.05, 0) is 59.7 Å². The highest BCUT2D eigenvalue weighted by molar-refractivity contribution is 14.1. The third kappa shape index (κ3) is 4.61. The molecule has 0 aromatic heterocycles. The molecule has 2 aromatic rings. The standard InChI is InChI=1S/C17H14ClF2IN2O3/c18-11-5-9(21)1-2-14(11)22-15-7-13(20)12(19)6-10(15)16(24)23-26-8-17(25)3-4-17/h1-2,5-7,22,25H,3-4,8H2,(H,23,24). The van der Waals surface area contributed by atoms with E-state index in [9.17, 15) is 18.7 Å². The maximum Gasteiger partial charge on any atom is 0.277 e. The molecule has 1 aliphatic rings. The van der Waals surface area contributed by atoms with Crippen molar-refractivity contribution in [1.29, 1.82) is 0 Å². The molecule has 3 rings (SSSR count). The zero-order valence-electron chi connectivity index (χ0n) is 13.3. The number of hydroxylamine groups is 1. The molecule has 0 unspecified atom stereocenters. The second kappa shape index (κ2) is 7.63. The molecule has 2 aromatic carbocycles. The van der Waals surface area contributed by atoms with Crippen molar-refractivity contribution < 1.29 is 23.5 Å². The number of rotatable bonds is 6. The van der Waals surface area contributed by atoms with Crippen LogP contribution in [0.4, 0.5) is 20.2 Å². The molecule has 0 atom stereocenters. The fourth-order valence-corrected chi connectivity index (χ4v) is 3.06. The molecule has 138 valence electrons. The van der Waals surface area contributed by atoms with E-state index < -0.39 is 23.1 Å². The fraction of sp³-hybridized carbons (Fsp3) is 0.235. The van der Waals surface area contributed by atoms with E-state index in [0.29, 0.717) is 23.6 Å². The van der Waals surface area contributed by atoms with Crippen molar-refractivity contribution >= 4 is 51.5 Å². The van der Waals surface area contributed by atoms with Crippen molar-refractivity contribution in [1.82, 2.24) is 5.48 Å². The average Bonchev–Trinajstić information content (AvgIpc) is 3.30. The molecule has 0 radical (unpaired) electrons. The Balaban J connectivity index is 1.81. The first-order valence-corrected chi connectivity index (χ1v) is 9.09. The third-order valence-electron chi connectivity index (χ3n) is 3.84. The monoisotopic (exact) mass is 494 g/mol. The van der Waals surface area contributed by atoms with Gasteiger partial charge in [0.15, 0.2) is 11.6 Å². The average molecular weight is 495 g/mol. The predicted molar refractivity (Wildman–Crippen MR) is 101 cm³/mol. The van der Waals surface area contributed by atoms with Crippen LogP contribution in [0.3, 0.4) is 0 Å². The topological polar surface area (TPSA) is 70.6 Å². The van der Waals surface area contributed by atoms with Crippen LogP contribution in [-0.4, -0.2) is 23.2 Å². The molecule has 0 saturated heterocycles. The van der Waals surface area contributed by atoms with E-state index in [1.165, 1.54) is 0 Å². The molecule has 0 heterocycles. The van der Waals surface area contributed by atoms with E-state index in [4.69, 9.17) is 16.4 Å². The van der Waals surface area contributed by atoms with Crippen LogP contribution in [0.2, 0.25) is 5.02 Å². The van der Waals surface area contributed by atoms with E-state index in [1.54, 1.807) is 18.2 Å². The molecule has 9 heteroatoms. The fourth-order valence-electron chi connectivity index (χ4n) is 2.15. The second-order valence-electron chi connectivity index (χ2n) is 6.01. The van der Waals surface area contributed by atoms with Gasteiger partial charge in [-0.25, -0.2) is 14.3 Å². The van der Waals surface area contributed by atoms with Crippen LogP contribution in [-0.2, 0) is 4.84 Å². The summed E-state index contributed by atoms with van der Waals surface area (Å²) in [5, 5.41) is 12.9. The number of benzene rings is 2. The number of nitrogens with one attached hydrogen (secondary N) is 2. The maximum atomic E-state index is 13.7. The molecule has 0 bridgehead atoms. The second-order valence-corrected chi connectivity index (χ2v) is 7.66. The van der Waals surface area contributed by atoms with Crippen LogP contribution in [0, 0.1) is 15.2 Å². The summed E-state index contributed by atoms with van der Waals surface area (Å²) >= 11 is 8.22. The van der Waals surface area contributed by atoms with Gasteiger partial charge in [0.2, 0.25) is 0 Å². The van der Waals surface area contributed by atoms with Gasteiger partial charge in [0, 0.05) is 9.64 Å². The number of anilines is 2. The highest BCUT2D eigenvalue weighted by Crippen LogP contribution is 2.35. The van der Waals surface area contributed by atoms with Crippen LogP contribution in [0.25, 0.3) is 0 Å². The summed E-state index contributed by atoms with van der Waals surface area (Å²) in [7, 11) is 0. The minimum atomic E-state index is -1.17. The highest BCUT2D eigenvalue weighted by Gasteiger charge is 2.41. The lowest BCUT2D eigenvalue weighted by Gasteiger charge is -2.15. The minimum absolute atomic E-state index is 0.0261. The minimum Gasteiger partial charge on any atom is -0.387 e. The van der Waals surface area contributed by atoms with Gasteiger partial charge in [0.1, 0.15) is 6.61 Å². The quantitative estimate of drug-likeness (QED) is 0.417. The van der Waals surface area contributed by atoms with E-state index in [2.05, 4.69) is 33.4 Å². The first-order valence-electron chi connectivity index (χ1n) is 7.63. The molecule has 1 aliphatic carbocycles. The summed E-state index contributed by atoms with van der Waals surface area (Å²) in [6.45, 7) is -0.0753. The highest BCUT2D eigenvalue weighted by atomic mass is 127. The van der Waals surface area contributed by atoms with Crippen LogP contribution < -0.4 is 10.8 Å². The lowest BCUT2D eigenvalue weighted by molar-refractivity contribution is -0.0230. The summed E-state index contributed by atoms with van der Waals surface area (Å²) in [6.07, 6.45) is 1.18. The van der Waals surface area contributed by atoms with Crippen molar-refractivity contribution in [2.75, 3.05) is 11.9 Å². The lowest BCUT2D eigenvalue weighted by Crippen LogP contribution is -2.29. The van der Waals surface area contributed by atoms with E-state index in [0.717, 1.165) is 15.7 Å². The van der Waals surface area contributed by atoms with Crippen molar-refractivity contribution in [2.24, 2.45) is 0 Å². The molecule has 0 spiro atoms. The number of carbonyl (C=O) groups is 1. The van der Waals surface area contributed by atoms with Gasteiger partial charge in [0.05, 0.1) is 27.6 Å². The van der Waals surface area contributed by atoms with Crippen molar-refractivity contribution in [3.05, 3.63) is 56.1 Å². The zero-order chi connectivity index (χ0) is 18.9. The summed E-state index contributed by atoms with van der Waals surface area (Å²) < 4.78 is 28.2. The smallest absolute Gasteiger partial charge is 0.277 e. The Kier molecular flexibility index (Phi) is 5.66. The largest absolute Gasteiger partial charge is 0.387 e. The Morgan fingerprint density at radius 2 is 1.92 bits per heavy atom. The van der Waals surface area contributed by atoms with E-state index in [-0.39, 0.29) is 17.9 Å². The predicted octanol–water partition coefficient (Wildman–Crippen LogP) is 4.15. The van der Waals surface area contributed by atoms with Gasteiger partial charge in [-0.3, -0.25) is 9.63 Å².